The quantitative estimate of drug-likeness (QED) is 0.824. The van der Waals surface area contributed by atoms with Crippen molar-refractivity contribution in [2.75, 3.05) is 24.6 Å². The number of nitrogens with zero attached hydrogens (tertiary/aromatic N) is 1. The first-order chi connectivity index (χ1) is 7.63. The number of amides is 2. The van der Waals surface area contributed by atoms with Crippen molar-refractivity contribution in [3.05, 3.63) is 0 Å². The molecule has 1 N–H and O–H groups in total. The number of hydrogen-bond donors (Lipinski definition) is 1. The molecule has 0 bridgehead atoms. The van der Waals surface area contributed by atoms with Gasteiger partial charge in [0.2, 0.25) is 0 Å². The number of carbonyl (C=O) groups is 1. The molecule has 0 aromatic carbocycles. The fourth-order valence-corrected chi connectivity index (χ4v) is 2.68. The van der Waals surface area contributed by atoms with Crippen LogP contribution in [0.15, 0.2) is 0 Å². The van der Waals surface area contributed by atoms with Gasteiger partial charge in [0.15, 0.2) is 0 Å². The summed E-state index contributed by atoms with van der Waals surface area (Å²) in [4.78, 5) is 13.9. The SMILES string of the molecule is CCSCC(C)NC(=O)N1CCCC(C)C1. The summed E-state index contributed by atoms with van der Waals surface area (Å²) in [6, 6.07) is 0.394. The molecule has 16 heavy (non-hydrogen) atoms. The second-order valence-corrected chi connectivity index (χ2v) is 6.02. The Morgan fingerprint density at radius 2 is 2.38 bits per heavy atom. The van der Waals surface area contributed by atoms with Crippen molar-refractivity contribution in [2.45, 2.75) is 39.7 Å². The molecule has 1 fully saturated rings. The molecular formula is C12H24N2OS. The third-order valence-corrected chi connectivity index (χ3v) is 4.03. The Hall–Kier alpha value is -0.380. The second-order valence-electron chi connectivity index (χ2n) is 4.70. The van der Waals surface area contributed by atoms with Crippen molar-refractivity contribution in [3.63, 3.8) is 0 Å². The zero-order valence-corrected chi connectivity index (χ0v) is 11.5. The first-order valence-electron chi connectivity index (χ1n) is 6.26. The molecule has 3 nitrogen and oxygen atoms in total. The molecule has 0 spiro atoms. The van der Waals surface area contributed by atoms with Crippen LogP contribution in [0.5, 0.6) is 0 Å². The fraction of sp³-hybridized carbons (Fsp3) is 0.917. The smallest absolute Gasteiger partial charge is 0.317 e. The van der Waals surface area contributed by atoms with Gasteiger partial charge in [-0.25, -0.2) is 4.79 Å². The number of carbonyl (C=O) groups excluding carboxylic acids is 1. The zero-order valence-electron chi connectivity index (χ0n) is 10.7. The van der Waals surface area contributed by atoms with Crippen molar-refractivity contribution in [1.82, 2.24) is 10.2 Å². The lowest BCUT2D eigenvalue weighted by molar-refractivity contribution is 0.168. The van der Waals surface area contributed by atoms with Crippen molar-refractivity contribution in [2.24, 2.45) is 5.92 Å². The molecular weight excluding hydrogens is 220 g/mol. The number of urea groups is 1. The Labute approximate surface area is 103 Å². The zero-order chi connectivity index (χ0) is 12.0. The highest BCUT2D eigenvalue weighted by molar-refractivity contribution is 7.99. The van der Waals surface area contributed by atoms with E-state index in [1.54, 1.807) is 0 Å². The van der Waals surface area contributed by atoms with E-state index in [0.29, 0.717) is 5.92 Å². The number of rotatable bonds is 4. The molecule has 0 aromatic rings. The maximum absolute atomic E-state index is 11.9. The Bertz CT molecular complexity index is 223. The number of thioether (sulfide) groups is 1. The van der Waals surface area contributed by atoms with Crippen LogP contribution >= 0.6 is 11.8 Å². The highest BCUT2D eigenvalue weighted by Crippen LogP contribution is 2.15. The maximum atomic E-state index is 11.9. The van der Waals surface area contributed by atoms with E-state index in [0.717, 1.165) is 31.0 Å². The lowest BCUT2D eigenvalue weighted by Gasteiger charge is -2.31. The van der Waals surface area contributed by atoms with E-state index in [2.05, 4.69) is 26.1 Å². The minimum atomic E-state index is 0.121. The lowest BCUT2D eigenvalue weighted by atomic mass is 10.0. The third kappa shape index (κ3) is 4.64. The Morgan fingerprint density at radius 1 is 1.62 bits per heavy atom. The van der Waals surface area contributed by atoms with E-state index in [4.69, 9.17) is 0 Å². The summed E-state index contributed by atoms with van der Waals surface area (Å²) in [7, 11) is 0. The van der Waals surface area contributed by atoms with Crippen LogP contribution in [0.25, 0.3) is 0 Å². The normalized spacial score (nSPS) is 22.9. The highest BCUT2D eigenvalue weighted by Gasteiger charge is 2.21. The molecule has 0 radical (unpaired) electrons. The highest BCUT2D eigenvalue weighted by atomic mass is 32.2. The summed E-state index contributed by atoms with van der Waals surface area (Å²) in [5, 5.41) is 3.07. The van der Waals surface area contributed by atoms with Gasteiger partial charge in [-0.05, 0) is 31.4 Å². The van der Waals surface area contributed by atoms with Crippen LogP contribution in [0, 0.1) is 5.92 Å². The first kappa shape index (κ1) is 13.7. The third-order valence-electron chi connectivity index (χ3n) is 2.89. The summed E-state index contributed by atoms with van der Waals surface area (Å²) < 4.78 is 0. The second kappa shape index (κ2) is 7.05. The van der Waals surface area contributed by atoms with Gasteiger partial charge in [0, 0.05) is 24.9 Å². The topological polar surface area (TPSA) is 32.3 Å². The van der Waals surface area contributed by atoms with Gasteiger partial charge in [0.05, 0.1) is 0 Å². The number of piperidine rings is 1. The monoisotopic (exact) mass is 244 g/mol. The summed E-state index contributed by atoms with van der Waals surface area (Å²) in [5.74, 6) is 2.77. The fourth-order valence-electron chi connectivity index (χ4n) is 2.01. The van der Waals surface area contributed by atoms with Gasteiger partial charge >= 0.3 is 6.03 Å². The number of likely N-dealkylation sites (tertiary alicyclic amines) is 1. The Balaban J connectivity index is 2.27. The van der Waals surface area contributed by atoms with Gasteiger partial charge in [0.25, 0.3) is 0 Å². The molecule has 1 rings (SSSR count). The van der Waals surface area contributed by atoms with E-state index in [1.807, 2.05) is 16.7 Å². The predicted octanol–water partition coefficient (Wildman–Crippen LogP) is 2.57. The largest absolute Gasteiger partial charge is 0.335 e. The molecule has 1 heterocycles. The van der Waals surface area contributed by atoms with Crippen molar-refractivity contribution in [3.8, 4) is 0 Å². The van der Waals surface area contributed by atoms with Gasteiger partial charge in [0.1, 0.15) is 0 Å². The summed E-state index contributed by atoms with van der Waals surface area (Å²) in [6.07, 6.45) is 2.40. The molecule has 1 aliphatic heterocycles. The minimum absolute atomic E-state index is 0.121. The number of nitrogens with one attached hydrogen (secondary N) is 1. The van der Waals surface area contributed by atoms with Crippen molar-refractivity contribution >= 4 is 17.8 Å². The Morgan fingerprint density at radius 3 is 3.00 bits per heavy atom. The molecule has 94 valence electrons. The lowest BCUT2D eigenvalue weighted by Crippen LogP contribution is -2.48. The molecule has 1 aliphatic rings. The average molecular weight is 244 g/mol. The van der Waals surface area contributed by atoms with Gasteiger partial charge in [-0.2, -0.15) is 11.8 Å². The summed E-state index contributed by atoms with van der Waals surface area (Å²) >= 11 is 1.87. The van der Waals surface area contributed by atoms with Crippen molar-refractivity contribution in [1.29, 1.82) is 0 Å². The molecule has 1 saturated heterocycles. The van der Waals surface area contributed by atoms with Crippen LogP contribution < -0.4 is 5.32 Å². The van der Waals surface area contributed by atoms with Crippen LogP contribution in [0.4, 0.5) is 4.79 Å². The molecule has 2 unspecified atom stereocenters. The standard InChI is InChI=1S/C12H24N2OS/c1-4-16-9-11(3)13-12(15)14-7-5-6-10(2)8-14/h10-11H,4-9H2,1-3H3,(H,13,15). The predicted molar refractivity (Wildman–Crippen MR) is 71.0 cm³/mol. The molecule has 2 atom stereocenters. The van der Waals surface area contributed by atoms with E-state index in [1.165, 1.54) is 6.42 Å². The number of hydrogen-bond acceptors (Lipinski definition) is 2. The van der Waals surface area contributed by atoms with Gasteiger partial charge in [-0.3, -0.25) is 0 Å². The maximum Gasteiger partial charge on any atom is 0.317 e. The molecule has 0 aromatic heterocycles. The van der Waals surface area contributed by atoms with Crippen LogP contribution in [0.1, 0.15) is 33.6 Å². The molecule has 0 aliphatic carbocycles. The van der Waals surface area contributed by atoms with E-state index < -0.39 is 0 Å². The van der Waals surface area contributed by atoms with Crippen LogP contribution in [0.2, 0.25) is 0 Å². The average Bonchev–Trinajstić information content (AvgIpc) is 2.26. The van der Waals surface area contributed by atoms with Gasteiger partial charge < -0.3 is 10.2 Å². The molecule has 2 amide bonds. The summed E-state index contributed by atoms with van der Waals surface area (Å²) in [6.45, 7) is 8.28. The Kier molecular flexibility index (Phi) is 6.03. The van der Waals surface area contributed by atoms with E-state index in [9.17, 15) is 4.79 Å². The van der Waals surface area contributed by atoms with Crippen LogP contribution in [0.3, 0.4) is 0 Å². The van der Waals surface area contributed by atoms with Crippen molar-refractivity contribution < 1.29 is 4.79 Å². The van der Waals surface area contributed by atoms with Crippen LogP contribution in [-0.4, -0.2) is 41.6 Å². The van der Waals surface area contributed by atoms with Gasteiger partial charge in [-0.1, -0.05) is 13.8 Å². The summed E-state index contributed by atoms with van der Waals surface area (Å²) in [5.41, 5.74) is 0. The molecule has 4 heteroatoms. The molecule has 0 saturated carbocycles. The van der Waals surface area contributed by atoms with E-state index in [-0.39, 0.29) is 12.1 Å². The van der Waals surface area contributed by atoms with Gasteiger partial charge in [-0.15, -0.1) is 0 Å². The van der Waals surface area contributed by atoms with E-state index >= 15 is 0 Å². The van der Waals surface area contributed by atoms with Crippen LogP contribution in [-0.2, 0) is 0 Å². The minimum Gasteiger partial charge on any atom is -0.335 e. The first-order valence-corrected chi connectivity index (χ1v) is 7.42.